The lowest BCUT2D eigenvalue weighted by Gasteiger charge is -2.05. The number of halogens is 2. The van der Waals surface area contributed by atoms with Crippen LogP contribution in [0.25, 0.3) is 22.8 Å². The van der Waals surface area contributed by atoms with Crippen LogP contribution in [0.5, 0.6) is 0 Å². The molecule has 0 bridgehead atoms. The molecule has 0 unspecified atom stereocenters. The molecule has 9 heteroatoms. The van der Waals surface area contributed by atoms with Gasteiger partial charge in [0, 0.05) is 17.7 Å². The highest BCUT2D eigenvalue weighted by atomic mass is 19.1. The van der Waals surface area contributed by atoms with E-state index in [0.717, 1.165) is 0 Å². The smallest absolute Gasteiger partial charge is 0.321 e. The second-order valence-electron chi connectivity index (χ2n) is 5.38. The van der Waals surface area contributed by atoms with E-state index in [4.69, 9.17) is 4.52 Å². The quantitative estimate of drug-likeness (QED) is 0.718. The number of nitrogens with zero attached hydrogens (tertiary/aromatic N) is 2. The predicted octanol–water partition coefficient (Wildman–Crippen LogP) is 2.95. The first-order valence-corrected chi connectivity index (χ1v) is 7.92. The van der Waals surface area contributed by atoms with Gasteiger partial charge in [-0.3, -0.25) is 10.1 Å². The molecule has 138 valence electrons. The highest BCUT2D eigenvalue weighted by Crippen LogP contribution is 2.24. The van der Waals surface area contributed by atoms with Crippen molar-refractivity contribution in [3.8, 4) is 22.8 Å². The third-order valence-electron chi connectivity index (χ3n) is 3.52. The lowest BCUT2D eigenvalue weighted by Crippen LogP contribution is -2.40. The Morgan fingerprint density at radius 1 is 1.11 bits per heavy atom. The first-order chi connectivity index (χ1) is 13.1. The maximum Gasteiger partial charge on any atom is 0.321 e. The standard InChI is InChI=1S/C18H14F2N4O3/c19-8-9-21-18(26)23-16(25)12-5-3-4-11(10-12)15-22-17(27-24-15)13-6-1-2-7-14(13)20/h1-7,10H,8-9H2,(H2,21,23,25,26). The molecule has 2 N–H and O–H groups in total. The van der Waals surface area contributed by atoms with E-state index >= 15 is 0 Å². The minimum Gasteiger partial charge on any atom is -0.335 e. The van der Waals surface area contributed by atoms with Gasteiger partial charge in [-0.1, -0.05) is 29.4 Å². The number of carbonyl (C=O) groups excluding carboxylic acids is 2. The summed E-state index contributed by atoms with van der Waals surface area (Å²) < 4.78 is 30.9. The second-order valence-corrected chi connectivity index (χ2v) is 5.38. The summed E-state index contributed by atoms with van der Waals surface area (Å²) in [7, 11) is 0. The number of rotatable bonds is 5. The van der Waals surface area contributed by atoms with Crippen LogP contribution in [0, 0.1) is 5.82 Å². The predicted molar refractivity (Wildman–Crippen MR) is 92.0 cm³/mol. The number of amides is 3. The minimum atomic E-state index is -0.801. The van der Waals surface area contributed by atoms with Crippen LogP contribution < -0.4 is 10.6 Å². The van der Waals surface area contributed by atoms with Gasteiger partial charge in [0.15, 0.2) is 0 Å². The Labute approximate surface area is 152 Å². The fourth-order valence-electron chi connectivity index (χ4n) is 2.26. The molecule has 0 aliphatic heterocycles. The van der Waals surface area contributed by atoms with E-state index in [0.29, 0.717) is 5.56 Å². The molecule has 1 heterocycles. The molecular weight excluding hydrogens is 358 g/mol. The van der Waals surface area contributed by atoms with Crippen LogP contribution in [0.1, 0.15) is 10.4 Å². The first-order valence-electron chi connectivity index (χ1n) is 7.92. The number of imide groups is 1. The molecule has 3 rings (SSSR count). The summed E-state index contributed by atoms with van der Waals surface area (Å²) in [6, 6.07) is 11.3. The third kappa shape index (κ3) is 4.32. The summed E-state index contributed by atoms with van der Waals surface area (Å²) in [5.74, 6) is -1.01. The Morgan fingerprint density at radius 3 is 2.70 bits per heavy atom. The zero-order chi connectivity index (χ0) is 19.2. The summed E-state index contributed by atoms with van der Waals surface area (Å²) in [5.41, 5.74) is 0.771. The van der Waals surface area contributed by atoms with Gasteiger partial charge in [-0.05, 0) is 24.3 Å². The second kappa shape index (κ2) is 8.17. The van der Waals surface area contributed by atoms with E-state index in [-0.39, 0.29) is 29.4 Å². The van der Waals surface area contributed by atoms with Gasteiger partial charge in [0.2, 0.25) is 5.82 Å². The molecule has 0 radical (unpaired) electrons. The van der Waals surface area contributed by atoms with Crippen LogP contribution in [0.2, 0.25) is 0 Å². The van der Waals surface area contributed by atoms with Gasteiger partial charge in [-0.25, -0.2) is 13.6 Å². The average Bonchev–Trinajstić information content (AvgIpc) is 3.17. The molecule has 0 saturated heterocycles. The highest BCUT2D eigenvalue weighted by molar-refractivity contribution is 6.04. The molecule has 0 saturated carbocycles. The Morgan fingerprint density at radius 2 is 1.93 bits per heavy atom. The normalized spacial score (nSPS) is 10.4. The number of hydrogen-bond acceptors (Lipinski definition) is 5. The lowest BCUT2D eigenvalue weighted by atomic mass is 10.1. The molecule has 27 heavy (non-hydrogen) atoms. The molecule has 3 amide bonds. The Bertz CT molecular complexity index is 975. The van der Waals surface area contributed by atoms with Crippen molar-refractivity contribution in [2.75, 3.05) is 13.2 Å². The number of hydrogen-bond donors (Lipinski definition) is 2. The van der Waals surface area contributed by atoms with Crippen molar-refractivity contribution >= 4 is 11.9 Å². The maximum absolute atomic E-state index is 13.8. The van der Waals surface area contributed by atoms with Gasteiger partial charge in [0.05, 0.1) is 5.56 Å². The van der Waals surface area contributed by atoms with Gasteiger partial charge in [-0.2, -0.15) is 4.98 Å². The molecule has 2 aromatic carbocycles. The van der Waals surface area contributed by atoms with Crippen molar-refractivity contribution < 1.29 is 22.9 Å². The summed E-state index contributed by atoms with van der Waals surface area (Å²) in [4.78, 5) is 27.7. The van der Waals surface area contributed by atoms with Gasteiger partial charge < -0.3 is 9.84 Å². The van der Waals surface area contributed by atoms with Crippen molar-refractivity contribution in [2.45, 2.75) is 0 Å². The summed E-state index contributed by atoms with van der Waals surface area (Å²) in [6.45, 7) is -0.930. The topological polar surface area (TPSA) is 97.1 Å². The summed E-state index contributed by atoms with van der Waals surface area (Å²) in [6.07, 6.45) is 0. The lowest BCUT2D eigenvalue weighted by molar-refractivity contribution is 0.0964. The maximum atomic E-state index is 13.8. The molecule has 0 atom stereocenters. The minimum absolute atomic E-state index is 0.00329. The Hall–Kier alpha value is -3.62. The number of nitrogens with one attached hydrogen (secondary N) is 2. The van der Waals surface area contributed by atoms with E-state index in [1.807, 2.05) is 0 Å². The molecule has 0 aliphatic rings. The van der Waals surface area contributed by atoms with E-state index in [2.05, 4.69) is 20.8 Å². The first kappa shape index (κ1) is 18.2. The largest absolute Gasteiger partial charge is 0.335 e. The van der Waals surface area contributed by atoms with Crippen molar-refractivity contribution in [3.63, 3.8) is 0 Å². The molecule has 1 aromatic heterocycles. The van der Waals surface area contributed by atoms with E-state index in [9.17, 15) is 18.4 Å². The Kier molecular flexibility index (Phi) is 5.50. The molecule has 0 aliphatic carbocycles. The van der Waals surface area contributed by atoms with Gasteiger partial charge in [0.25, 0.3) is 11.8 Å². The number of urea groups is 1. The van der Waals surface area contributed by atoms with Crippen LogP contribution in [-0.4, -0.2) is 35.3 Å². The summed E-state index contributed by atoms with van der Waals surface area (Å²) in [5, 5.41) is 8.06. The van der Waals surface area contributed by atoms with Gasteiger partial charge >= 0.3 is 6.03 Å². The molecular formula is C18H14F2N4O3. The van der Waals surface area contributed by atoms with Crippen molar-refractivity contribution in [3.05, 3.63) is 59.9 Å². The molecule has 0 fully saturated rings. The third-order valence-corrected chi connectivity index (χ3v) is 3.52. The van der Waals surface area contributed by atoms with Crippen LogP contribution in [-0.2, 0) is 0 Å². The number of carbonyl (C=O) groups is 2. The monoisotopic (exact) mass is 372 g/mol. The van der Waals surface area contributed by atoms with Crippen LogP contribution in [0.3, 0.4) is 0 Å². The van der Waals surface area contributed by atoms with Crippen molar-refractivity contribution in [1.29, 1.82) is 0 Å². The zero-order valence-corrected chi connectivity index (χ0v) is 13.9. The fourth-order valence-corrected chi connectivity index (χ4v) is 2.26. The van der Waals surface area contributed by atoms with E-state index in [1.165, 1.54) is 24.3 Å². The van der Waals surface area contributed by atoms with E-state index < -0.39 is 24.4 Å². The Balaban J connectivity index is 1.79. The average molecular weight is 372 g/mol. The SMILES string of the molecule is O=C(NCCF)NC(=O)c1cccc(-c2noc(-c3ccccc3F)n2)c1. The van der Waals surface area contributed by atoms with Crippen LogP contribution >= 0.6 is 0 Å². The summed E-state index contributed by atoms with van der Waals surface area (Å²) >= 11 is 0. The zero-order valence-electron chi connectivity index (χ0n) is 13.9. The van der Waals surface area contributed by atoms with E-state index in [1.54, 1.807) is 24.3 Å². The highest BCUT2D eigenvalue weighted by Gasteiger charge is 2.16. The van der Waals surface area contributed by atoms with Crippen LogP contribution in [0.4, 0.5) is 13.6 Å². The van der Waals surface area contributed by atoms with Gasteiger partial charge in [0.1, 0.15) is 12.5 Å². The molecule has 3 aromatic rings. The number of alkyl halides is 1. The fraction of sp³-hybridized carbons (Fsp3) is 0.111. The molecule has 0 spiro atoms. The van der Waals surface area contributed by atoms with Crippen molar-refractivity contribution in [2.24, 2.45) is 0 Å². The van der Waals surface area contributed by atoms with Gasteiger partial charge in [-0.15, -0.1) is 0 Å². The van der Waals surface area contributed by atoms with Crippen LogP contribution in [0.15, 0.2) is 53.1 Å². The number of benzene rings is 2. The van der Waals surface area contributed by atoms with Crippen molar-refractivity contribution in [1.82, 2.24) is 20.8 Å². The molecule has 7 nitrogen and oxygen atoms in total. The number of aromatic nitrogens is 2.